The number of pyridine rings is 1. The monoisotopic (exact) mass is 456 g/mol. The largest absolute Gasteiger partial charge is 0.482 e. The Morgan fingerprint density at radius 2 is 2.06 bits per heavy atom. The first-order valence-corrected chi connectivity index (χ1v) is 11.7. The van der Waals surface area contributed by atoms with Crippen molar-refractivity contribution in [2.75, 3.05) is 11.9 Å². The lowest BCUT2D eigenvalue weighted by Gasteiger charge is -2.19. The molecule has 0 fully saturated rings. The molecule has 2 aromatic heterocycles. The Labute approximate surface area is 196 Å². The summed E-state index contributed by atoms with van der Waals surface area (Å²) in [5, 5.41) is 5.03. The van der Waals surface area contributed by atoms with Gasteiger partial charge in [0.1, 0.15) is 5.75 Å². The molecule has 0 bridgehead atoms. The number of carbonyl (C=O) groups excluding carboxylic acids is 1. The van der Waals surface area contributed by atoms with Crippen LogP contribution in [0, 0.1) is 13.8 Å². The molecule has 1 N–H and O–H groups in total. The molecule has 0 radical (unpaired) electrons. The molecule has 1 aliphatic rings. The van der Waals surface area contributed by atoms with Gasteiger partial charge in [0.25, 0.3) is 5.91 Å². The highest BCUT2D eigenvalue weighted by molar-refractivity contribution is 7.07. The van der Waals surface area contributed by atoms with E-state index in [0.717, 1.165) is 40.4 Å². The van der Waals surface area contributed by atoms with E-state index in [9.17, 15) is 4.79 Å². The SMILES string of the molecule is Cc1cccc(N=c2scc(-c3ccc4c(c3)NC(=O)CO4)n2CCc2ccccn2)c1C. The quantitative estimate of drug-likeness (QED) is 0.458. The summed E-state index contributed by atoms with van der Waals surface area (Å²) < 4.78 is 7.76. The van der Waals surface area contributed by atoms with Gasteiger partial charge in [-0.2, -0.15) is 0 Å². The number of amides is 1. The van der Waals surface area contributed by atoms with Crippen molar-refractivity contribution in [3.63, 3.8) is 0 Å². The van der Waals surface area contributed by atoms with Crippen molar-refractivity contribution in [1.82, 2.24) is 9.55 Å². The predicted molar refractivity (Wildman–Crippen MR) is 131 cm³/mol. The second-order valence-electron chi connectivity index (χ2n) is 8.00. The molecule has 0 spiro atoms. The standard InChI is InChI=1S/C26H24N4O2S/c1-17-6-5-8-21(18(17)2)29-26-30(13-11-20-7-3-4-12-27-20)23(16-33-26)19-9-10-24-22(14-19)28-25(31)15-32-24/h3-10,12,14,16H,11,13,15H2,1-2H3,(H,28,31). The van der Waals surface area contributed by atoms with Crippen molar-refractivity contribution in [2.45, 2.75) is 26.8 Å². The lowest BCUT2D eigenvalue weighted by atomic mass is 10.1. The van der Waals surface area contributed by atoms with Gasteiger partial charge < -0.3 is 14.6 Å². The first-order chi connectivity index (χ1) is 16.1. The zero-order valence-electron chi connectivity index (χ0n) is 18.5. The molecule has 4 aromatic rings. The maximum absolute atomic E-state index is 11.8. The molecule has 3 heterocycles. The third-order valence-electron chi connectivity index (χ3n) is 5.82. The normalized spacial score (nSPS) is 13.4. The van der Waals surface area contributed by atoms with Gasteiger partial charge in [-0.25, -0.2) is 4.99 Å². The van der Waals surface area contributed by atoms with E-state index in [1.54, 1.807) is 11.3 Å². The summed E-state index contributed by atoms with van der Waals surface area (Å²) in [7, 11) is 0. The molecular weight excluding hydrogens is 432 g/mol. The highest BCUT2D eigenvalue weighted by Crippen LogP contribution is 2.33. The lowest BCUT2D eigenvalue weighted by molar-refractivity contribution is -0.118. The van der Waals surface area contributed by atoms with Crippen LogP contribution in [0.15, 0.2) is 71.2 Å². The van der Waals surface area contributed by atoms with Crippen LogP contribution >= 0.6 is 11.3 Å². The molecule has 0 saturated carbocycles. The maximum Gasteiger partial charge on any atom is 0.262 e. The molecule has 1 amide bonds. The number of thiazole rings is 1. The van der Waals surface area contributed by atoms with Crippen molar-refractivity contribution < 1.29 is 9.53 Å². The van der Waals surface area contributed by atoms with Crippen LogP contribution in [0.4, 0.5) is 11.4 Å². The van der Waals surface area contributed by atoms with Gasteiger partial charge in [0.15, 0.2) is 11.4 Å². The third kappa shape index (κ3) is 4.45. The first-order valence-electron chi connectivity index (χ1n) is 10.8. The highest BCUT2D eigenvalue weighted by Gasteiger charge is 2.18. The van der Waals surface area contributed by atoms with Crippen LogP contribution in [-0.4, -0.2) is 22.1 Å². The number of hydrogen-bond acceptors (Lipinski definition) is 5. The fourth-order valence-electron chi connectivity index (χ4n) is 3.84. The number of nitrogens with one attached hydrogen (secondary N) is 1. The van der Waals surface area contributed by atoms with E-state index in [1.807, 2.05) is 48.7 Å². The van der Waals surface area contributed by atoms with Crippen LogP contribution in [0.3, 0.4) is 0 Å². The van der Waals surface area contributed by atoms with E-state index in [0.29, 0.717) is 11.4 Å². The molecule has 6 nitrogen and oxygen atoms in total. The van der Waals surface area contributed by atoms with Gasteiger partial charge in [-0.1, -0.05) is 18.2 Å². The Hall–Kier alpha value is -3.71. The average molecular weight is 457 g/mol. The Bertz CT molecular complexity index is 1390. The molecular formula is C26H24N4O2S. The number of nitrogens with zero attached hydrogens (tertiary/aromatic N) is 3. The van der Waals surface area contributed by atoms with Gasteiger partial charge in [-0.15, -0.1) is 11.3 Å². The Kier molecular flexibility index (Phi) is 5.79. The number of rotatable bonds is 5. The lowest BCUT2D eigenvalue weighted by Crippen LogP contribution is -2.25. The highest BCUT2D eigenvalue weighted by atomic mass is 32.1. The Morgan fingerprint density at radius 1 is 1.15 bits per heavy atom. The van der Waals surface area contributed by atoms with Crippen molar-refractivity contribution in [1.29, 1.82) is 0 Å². The summed E-state index contributed by atoms with van der Waals surface area (Å²) >= 11 is 1.61. The van der Waals surface area contributed by atoms with Crippen LogP contribution in [-0.2, 0) is 17.8 Å². The molecule has 33 heavy (non-hydrogen) atoms. The summed E-state index contributed by atoms with van der Waals surface area (Å²) in [6, 6.07) is 18.1. The number of aryl methyl sites for hydroxylation is 2. The van der Waals surface area contributed by atoms with E-state index in [4.69, 9.17) is 9.73 Å². The van der Waals surface area contributed by atoms with Crippen molar-refractivity contribution >= 4 is 28.6 Å². The fourth-order valence-corrected chi connectivity index (χ4v) is 4.79. The molecule has 0 unspecified atom stereocenters. The number of anilines is 1. The van der Waals surface area contributed by atoms with Gasteiger partial charge in [0.05, 0.1) is 17.1 Å². The van der Waals surface area contributed by atoms with Crippen molar-refractivity contribution in [2.24, 2.45) is 4.99 Å². The summed E-state index contributed by atoms with van der Waals surface area (Å²) in [5.41, 5.74) is 7.14. The Morgan fingerprint density at radius 3 is 2.91 bits per heavy atom. The molecule has 166 valence electrons. The van der Waals surface area contributed by atoms with Crippen molar-refractivity contribution in [3.8, 4) is 17.0 Å². The van der Waals surface area contributed by atoms with Crippen LogP contribution in [0.1, 0.15) is 16.8 Å². The van der Waals surface area contributed by atoms with Crippen molar-refractivity contribution in [3.05, 3.63) is 87.8 Å². The van der Waals surface area contributed by atoms with Gasteiger partial charge in [-0.3, -0.25) is 9.78 Å². The molecule has 5 rings (SSSR count). The zero-order chi connectivity index (χ0) is 22.8. The molecule has 0 saturated heterocycles. The van der Waals surface area contributed by atoms with Gasteiger partial charge in [0, 0.05) is 35.8 Å². The number of ether oxygens (including phenoxy) is 1. The molecule has 7 heteroatoms. The molecule has 0 atom stereocenters. The smallest absolute Gasteiger partial charge is 0.262 e. The number of hydrogen-bond donors (Lipinski definition) is 1. The van der Waals surface area contributed by atoms with Crippen LogP contribution in [0.2, 0.25) is 0 Å². The minimum atomic E-state index is -0.140. The topological polar surface area (TPSA) is 68.5 Å². The van der Waals surface area contributed by atoms with Gasteiger partial charge in [-0.05, 0) is 61.4 Å². The summed E-state index contributed by atoms with van der Waals surface area (Å²) in [6.07, 6.45) is 2.61. The third-order valence-corrected chi connectivity index (χ3v) is 6.68. The molecule has 2 aromatic carbocycles. The fraction of sp³-hybridized carbons (Fsp3) is 0.192. The summed E-state index contributed by atoms with van der Waals surface area (Å²) in [6.45, 7) is 4.99. The van der Waals surface area contributed by atoms with Gasteiger partial charge >= 0.3 is 0 Å². The Balaban J connectivity index is 1.59. The van der Waals surface area contributed by atoms with E-state index >= 15 is 0 Å². The van der Waals surface area contributed by atoms with Crippen LogP contribution in [0.5, 0.6) is 5.75 Å². The van der Waals surface area contributed by atoms with E-state index < -0.39 is 0 Å². The van der Waals surface area contributed by atoms with Crippen LogP contribution in [0.25, 0.3) is 11.3 Å². The molecule has 1 aliphatic heterocycles. The second-order valence-corrected chi connectivity index (χ2v) is 8.84. The number of carbonyl (C=O) groups is 1. The first kappa shape index (κ1) is 21.2. The van der Waals surface area contributed by atoms with E-state index in [2.05, 4.69) is 46.2 Å². The second kappa shape index (κ2) is 9.03. The summed E-state index contributed by atoms with van der Waals surface area (Å²) in [4.78, 5) is 22.2. The van der Waals surface area contributed by atoms with E-state index in [1.165, 1.54) is 11.1 Å². The van der Waals surface area contributed by atoms with E-state index in [-0.39, 0.29) is 12.5 Å². The van der Waals surface area contributed by atoms with Crippen LogP contribution < -0.4 is 14.9 Å². The number of fused-ring (bicyclic) bond motifs is 1. The average Bonchev–Trinajstić information content (AvgIpc) is 3.23. The molecule has 0 aliphatic carbocycles. The summed E-state index contributed by atoms with van der Waals surface area (Å²) in [5.74, 6) is 0.549. The number of aromatic nitrogens is 2. The minimum absolute atomic E-state index is 0.0494. The zero-order valence-corrected chi connectivity index (χ0v) is 19.4. The minimum Gasteiger partial charge on any atom is -0.482 e. The van der Waals surface area contributed by atoms with Gasteiger partial charge in [0.2, 0.25) is 0 Å². The maximum atomic E-state index is 11.8. The number of benzene rings is 2. The predicted octanol–water partition coefficient (Wildman–Crippen LogP) is 5.03.